The van der Waals surface area contributed by atoms with Gasteiger partial charge in [0.05, 0.1) is 11.6 Å². The first-order valence-corrected chi connectivity index (χ1v) is 5.10. The molecule has 84 valence electrons. The standard InChI is InChI=1S/C10H14N6/c1-11-7-8(9-5-3-4-6-12-9)10-13-14-15-16(10)2/h3-6,8,11H,7H2,1-2H3. The Morgan fingerprint density at radius 3 is 2.88 bits per heavy atom. The summed E-state index contributed by atoms with van der Waals surface area (Å²) in [5, 5.41) is 14.7. The van der Waals surface area contributed by atoms with Gasteiger partial charge in [-0.1, -0.05) is 6.07 Å². The number of hydrogen-bond acceptors (Lipinski definition) is 5. The van der Waals surface area contributed by atoms with Gasteiger partial charge in [-0.3, -0.25) is 4.98 Å². The Morgan fingerprint density at radius 2 is 2.31 bits per heavy atom. The second-order valence-electron chi connectivity index (χ2n) is 3.53. The molecule has 0 saturated carbocycles. The largest absolute Gasteiger partial charge is 0.319 e. The summed E-state index contributed by atoms with van der Waals surface area (Å²) in [5.74, 6) is 0.888. The molecule has 0 aliphatic carbocycles. The average molecular weight is 218 g/mol. The molecule has 0 amide bonds. The van der Waals surface area contributed by atoms with Gasteiger partial charge in [0.15, 0.2) is 5.82 Å². The number of aryl methyl sites for hydroxylation is 1. The maximum absolute atomic E-state index is 4.35. The second-order valence-corrected chi connectivity index (χ2v) is 3.53. The van der Waals surface area contributed by atoms with Crippen molar-refractivity contribution in [2.24, 2.45) is 7.05 Å². The molecule has 2 aromatic heterocycles. The van der Waals surface area contributed by atoms with Crippen LogP contribution in [0.4, 0.5) is 0 Å². The van der Waals surface area contributed by atoms with Crippen molar-refractivity contribution in [2.45, 2.75) is 5.92 Å². The first-order valence-electron chi connectivity index (χ1n) is 5.10. The second kappa shape index (κ2) is 4.80. The van der Waals surface area contributed by atoms with E-state index >= 15 is 0 Å². The highest BCUT2D eigenvalue weighted by molar-refractivity contribution is 5.18. The fourth-order valence-electron chi connectivity index (χ4n) is 1.65. The van der Waals surface area contributed by atoms with Crippen LogP contribution in [-0.2, 0) is 7.05 Å². The molecule has 16 heavy (non-hydrogen) atoms. The molecule has 2 heterocycles. The summed E-state index contributed by atoms with van der Waals surface area (Å²) >= 11 is 0. The molecule has 1 N–H and O–H groups in total. The van der Waals surface area contributed by atoms with Gasteiger partial charge < -0.3 is 5.32 Å². The maximum Gasteiger partial charge on any atom is 0.161 e. The number of likely N-dealkylation sites (N-methyl/N-ethyl adjacent to an activating group) is 1. The van der Waals surface area contributed by atoms with Crippen LogP contribution >= 0.6 is 0 Å². The van der Waals surface area contributed by atoms with E-state index in [0.29, 0.717) is 0 Å². The van der Waals surface area contributed by atoms with Crippen LogP contribution < -0.4 is 5.32 Å². The van der Waals surface area contributed by atoms with Gasteiger partial charge in [-0.2, -0.15) is 0 Å². The lowest BCUT2D eigenvalue weighted by atomic mass is 10.0. The third kappa shape index (κ3) is 2.06. The van der Waals surface area contributed by atoms with Crippen LogP contribution in [0.3, 0.4) is 0 Å². The molecule has 0 saturated heterocycles. The molecule has 6 heteroatoms. The van der Waals surface area contributed by atoms with Gasteiger partial charge in [0.25, 0.3) is 0 Å². The van der Waals surface area contributed by atoms with Crippen molar-refractivity contribution in [1.82, 2.24) is 30.5 Å². The highest BCUT2D eigenvalue weighted by Gasteiger charge is 2.19. The minimum Gasteiger partial charge on any atom is -0.319 e. The van der Waals surface area contributed by atoms with Crippen LogP contribution in [0.5, 0.6) is 0 Å². The summed E-state index contributed by atoms with van der Waals surface area (Å²) in [5.41, 5.74) is 0.967. The minimum absolute atomic E-state index is 0.0752. The number of aromatic nitrogens is 5. The van der Waals surface area contributed by atoms with E-state index < -0.39 is 0 Å². The predicted octanol–water partition coefficient (Wildman–Crippen LogP) is -0.0436. The van der Waals surface area contributed by atoms with E-state index in [1.807, 2.05) is 32.3 Å². The number of tetrazole rings is 1. The van der Waals surface area contributed by atoms with Gasteiger partial charge in [-0.15, -0.1) is 5.10 Å². The van der Waals surface area contributed by atoms with Crippen molar-refractivity contribution in [3.63, 3.8) is 0 Å². The lowest BCUT2D eigenvalue weighted by Gasteiger charge is -2.13. The zero-order valence-corrected chi connectivity index (χ0v) is 9.33. The molecule has 1 atom stereocenters. The monoisotopic (exact) mass is 218 g/mol. The van der Waals surface area contributed by atoms with E-state index in [2.05, 4.69) is 25.8 Å². The number of rotatable bonds is 4. The molecule has 0 aliphatic rings. The molecule has 2 aromatic rings. The van der Waals surface area contributed by atoms with Crippen molar-refractivity contribution in [3.05, 3.63) is 35.9 Å². The SMILES string of the molecule is CNCC(c1ccccn1)c1nnnn1C. The molecule has 0 spiro atoms. The normalized spacial score (nSPS) is 12.6. The van der Waals surface area contributed by atoms with Crippen LogP contribution in [0, 0.1) is 0 Å². The maximum atomic E-state index is 4.35. The van der Waals surface area contributed by atoms with E-state index in [9.17, 15) is 0 Å². The molecule has 6 nitrogen and oxygen atoms in total. The minimum atomic E-state index is 0.0752. The van der Waals surface area contributed by atoms with Crippen molar-refractivity contribution in [2.75, 3.05) is 13.6 Å². The first-order chi connectivity index (χ1) is 7.83. The van der Waals surface area contributed by atoms with Crippen molar-refractivity contribution < 1.29 is 0 Å². The topological polar surface area (TPSA) is 68.5 Å². The lowest BCUT2D eigenvalue weighted by Crippen LogP contribution is -2.22. The molecule has 0 fully saturated rings. The average Bonchev–Trinajstić information content (AvgIpc) is 2.73. The van der Waals surface area contributed by atoms with Gasteiger partial charge in [0.2, 0.25) is 0 Å². The molecular formula is C10H14N6. The van der Waals surface area contributed by atoms with Crippen LogP contribution in [0.15, 0.2) is 24.4 Å². The van der Waals surface area contributed by atoms with Crippen LogP contribution in [0.2, 0.25) is 0 Å². The van der Waals surface area contributed by atoms with Gasteiger partial charge in [0.1, 0.15) is 0 Å². The highest BCUT2D eigenvalue weighted by Crippen LogP contribution is 2.18. The number of nitrogens with zero attached hydrogens (tertiary/aromatic N) is 5. The summed E-state index contributed by atoms with van der Waals surface area (Å²) in [6.07, 6.45) is 1.78. The highest BCUT2D eigenvalue weighted by atomic mass is 15.5. The zero-order valence-electron chi connectivity index (χ0n) is 9.33. The Bertz CT molecular complexity index is 438. The van der Waals surface area contributed by atoms with Gasteiger partial charge in [-0.25, -0.2) is 4.68 Å². The summed E-state index contributed by atoms with van der Waals surface area (Å²) in [7, 11) is 3.74. The Hall–Kier alpha value is -1.82. The molecule has 0 aromatic carbocycles. The third-order valence-electron chi connectivity index (χ3n) is 2.42. The fraction of sp³-hybridized carbons (Fsp3) is 0.400. The third-order valence-corrected chi connectivity index (χ3v) is 2.42. The summed E-state index contributed by atoms with van der Waals surface area (Å²) in [4.78, 5) is 4.35. The Balaban J connectivity index is 2.35. The molecule has 2 rings (SSSR count). The summed E-state index contributed by atoms with van der Waals surface area (Å²) in [6, 6.07) is 5.85. The quantitative estimate of drug-likeness (QED) is 0.779. The number of hydrogen-bond donors (Lipinski definition) is 1. The zero-order chi connectivity index (χ0) is 11.4. The van der Waals surface area contributed by atoms with Crippen LogP contribution in [-0.4, -0.2) is 38.8 Å². The van der Waals surface area contributed by atoms with E-state index in [4.69, 9.17) is 0 Å². The summed E-state index contributed by atoms with van der Waals surface area (Å²) < 4.78 is 1.68. The van der Waals surface area contributed by atoms with Gasteiger partial charge >= 0.3 is 0 Å². The van der Waals surface area contributed by atoms with E-state index in [1.165, 1.54) is 0 Å². The Labute approximate surface area is 93.7 Å². The predicted molar refractivity (Wildman–Crippen MR) is 58.8 cm³/mol. The van der Waals surface area contributed by atoms with Gasteiger partial charge in [-0.05, 0) is 29.6 Å². The molecular weight excluding hydrogens is 204 g/mol. The van der Waals surface area contributed by atoms with Crippen LogP contribution in [0.1, 0.15) is 17.4 Å². The van der Waals surface area contributed by atoms with E-state index in [-0.39, 0.29) is 5.92 Å². The van der Waals surface area contributed by atoms with Crippen molar-refractivity contribution >= 4 is 0 Å². The van der Waals surface area contributed by atoms with Gasteiger partial charge in [0, 0.05) is 19.8 Å². The smallest absolute Gasteiger partial charge is 0.161 e. The Morgan fingerprint density at radius 1 is 1.44 bits per heavy atom. The molecule has 1 unspecified atom stereocenters. The fourth-order valence-corrected chi connectivity index (χ4v) is 1.65. The lowest BCUT2D eigenvalue weighted by molar-refractivity contribution is 0.602. The van der Waals surface area contributed by atoms with Crippen molar-refractivity contribution in [1.29, 1.82) is 0 Å². The first kappa shape index (κ1) is 10.7. The Kier molecular flexibility index (Phi) is 3.21. The molecule has 0 aliphatic heterocycles. The van der Waals surface area contributed by atoms with E-state index in [0.717, 1.165) is 18.1 Å². The summed E-state index contributed by atoms with van der Waals surface area (Å²) in [6.45, 7) is 0.755. The number of nitrogens with one attached hydrogen (secondary N) is 1. The molecule has 0 radical (unpaired) electrons. The van der Waals surface area contributed by atoms with Crippen LogP contribution in [0.25, 0.3) is 0 Å². The number of pyridine rings is 1. The van der Waals surface area contributed by atoms with E-state index in [1.54, 1.807) is 10.9 Å². The molecule has 0 bridgehead atoms. The van der Waals surface area contributed by atoms with Crippen molar-refractivity contribution in [3.8, 4) is 0 Å².